The maximum Gasteiger partial charge on any atom is 4.00 e. The first kappa shape index (κ1) is 78.3. The number of aliphatic hydroxyl groups is 1. The van der Waals surface area contributed by atoms with Crippen LogP contribution in [0.5, 0.6) is 0 Å². The van der Waals surface area contributed by atoms with E-state index in [0.717, 1.165) is 47.9 Å². The van der Waals surface area contributed by atoms with Crippen LogP contribution in [0.1, 0.15) is 166 Å². The zero-order valence-corrected chi connectivity index (χ0v) is 61.0. The fourth-order valence-electron chi connectivity index (χ4n) is 12.2. The number of carbonyl (C=O) groups is 4. The first-order valence-electron chi connectivity index (χ1n) is 34.9. The van der Waals surface area contributed by atoms with Crippen molar-refractivity contribution in [1.82, 2.24) is 19.9 Å². The van der Waals surface area contributed by atoms with Crippen LogP contribution >= 0.6 is 0 Å². The molecule has 8 bridgehead atoms. The Bertz CT molecular complexity index is 4420. The predicted octanol–water partition coefficient (Wildman–Crippen LogP) is 8.93. The van der Waals surface area contributed by atoms with Crippen LogP contribution in [0.4, 0.5) is 0 Å². The van der Waals surface area contributed by atoms with Crippen LogP contribution < -0.4 is 51.2 Å². The van der Waals surface area contributed by atoms with E-state index < -0.39 is 30.0 Å². The molecule has 2 aliphatic heterocycles. The molecule has 9 rings (SSSR count). The molecule has 7 aromatic heterocycles. The average molecular weight is 1430 g/mol. The molecule has 0 spiro atoms. The van der Waals surface area contributed by atoms with Gasteiger partial charge in [-0.15, -0.1) is 22.1 Å². The molecule has 0 fully saturated rings. The summed E-state index contributed by atoms with van der Waals surface area (Å²) in [6.07, 6.45) is 25.4. The van der Waals surface area contributed by atoms with Gasteiger partial charge in [-0.05, 0) is 129 Å². The summed E-state index contributed by atoms with van der Waals surface area (Å²) in [7, 11) is 0. The van der Waals surface area contributed by atoms with E-state index in [-0.39, 0.29) is 97.4 Å². The third-order valence-electron chi connectivity index (χ3n) is 18.0. The van der Waals surface area contributed by atoms with E-state index in [9.17, 15) is 19.5 Å². The van der Waals surface area contributed by atoms with Gasteiger partial charge in [-0.3, -0.25) is 9.59 Å². The second-order valence-corrected chi connectivity index (χ2v) is 26.1. The molecule has 0 amide bonds. The first-order chi connectivity index (χ1) is 48.8. The number of carbonyl (C=O) groups excluding carboxylic acids is 4. The molecular formula is C80H98FeN12O9+6. The van der Waals surface area contributed by atoms with Crippen LogP contribution in [0.15, 0.2) is 157 Å². The number of esters is 4. The van der Waals surface area contributed by atoms with E-state index in [1.165, 1.54) is 16.7 Å². The van der Waals surface area contributed by atoms with Gasteiger partial charge >= 0.3 is 40.9 Å². The summed E-state index contributed by atoms with van der Waals surface area (Å²) in [4.78, 5) is 79.0. The molecule has 1 unspecified atom stereocenters. The van der Waals surface area contributed by atoms with Crippen molar-refractivity contribution >= 4 is 68.2 Å². The van der Waals surface area contributed by atoms with E-state index >= 15 is 4.79 Å². The van der Waals surface area contributed by atoms with E-state index in [4.69, 9.17) is 61.8 Å². The quantitative estimate of drug-likeness (QED) is 0.00826. The Kier molecular flexibility index (Phi) is 29.6. The van der Waals surface area contributed by atoms with Gasteiger partial charge < -0.3 is 57.0 Å². The van der Waals surface area contributed by atoms with Crippen LogP contribution in [0.3, 0.4) is 0 Å². The molecule has 9 N–H and O–H groups in total. The zero-order chi connectivity index (χ0) is 72.0. The van der Waals surface area contributed by atoms with Gasteiger partial charge in [0.15, 0.2) is 75.8 Å². The van der Waals surface area contributed by atoms with Crippen LogP contribution in [-0.2, 0) is 114 Å². The van der Waals surface area contributed by atoms with Crippen LogP contribution in [0.25, 0.3) is 44.4 Å². The van der Waals surface area contributed by atoms with E-state index in [0.29, 0.717) is 126 Å². The van der Waals surface area contributed by atoms with Crippen molar-refractivity contribution in [3.8, 4) is 0 Å². The minimum atomic E-state index is -1.03. The summed E-state index contributed by atoms with van der Waals surface area (Å²) < 4.78 is 31.9. The molecule has 102 heavy (non-hydrogen) atoms. The normalized spacial score (nSPS) is 12.7. The Balaban J connectivity index is 0.0000132. The maximum atomic E-state index is 15.3. The Morgan fingerprint density at radius 1 is 0.480 bits per heavy atom. The van der Waals surface area contributed by atoms with Gasteiger partial charge in [0, 0.05) is 83.6 Å². The average Bonchev–Trinajstić information content (AvgIpc) is 1.61. The van der Waals surface area contributed by atoms with Crippen molar-refractivity contribution in [1.29, 1.82) is 0 Å². The van der Waals surface area contributed by atoms with Crippen molar-refractivity contribution in [3.63, 3.8) is 0 Å². The minimum Gasteiger partial charge on any atom is -0.657 e. The summed E-state index contributed by atoms with van der Waals surface area (Å²) in [5, 5.41) is 12.6. The number of pyridine rings is 4. The molecule has 7 aromatic rings. The molecule has 534 valence electrons. The molecule has 9 heterocycles. The van der Waals surface area contributed by atoms with E-state index in [2.05, 4.69) is 45.9 Å². The SMILES string of the molecule is CC(C)=CCC/C(C)=C/CC/C(C)=C/CCC(O)c1c(C)c2cc3nc(cc4[n-]c(cc5nc(cc1[n-]2)C(C)=C5C(=O)OCc1cc[n+](CCN)cc1)c(C)c4CCC(=O)OCc1cc[n+](CCN)cc1)C(CCC(=O)OCc1cc[n+](CCN)cc1)=C3C(=O)OCc1cc[n+](CCN)cc1.[Fe+4]. The summed E-state index contributed by atoms with van der Waals surface area (Å²) in [5.74, 6) is -2.32. The number of nitrogens with zero attached hydrogens (tertiary/aromatic N) is 8. The van der Waals surface area contributed by atoms with Crippen LogP contribution in [0.2, 0.25) is 0 Å². The van der Waals surface area contributed by atoms with Gasteiger partial charge in [0.25, 0.3) is 0 Å². The Morgan fingerprint density at radius 2 is 0.873 bits per heavy atom. The number of allylic oxidation sites excluding steroid dienone is 8. The summed E-state index contributed by atoms with van der Waals surface area (Å²) >= 11 is 0. The molecule has 2 aliphatic rings. The summed E-state index contributed by atoms with van der Waals surface area (Å²) in [6.45, 7) is 18.4. The molecular weight excluding hydrogens is 1330 g/mol. The number of aryl methyl sites for hydroxylation is 3. The van der Waals surface area contributed by atoms with Gasteiger partial charge in [0.2, 0.25) is 0 Å². The Morgan fingerprint density at radius 3 is 1.35 bits per heavy atom. The van der Waals surface area contributed by atoms with Crippen molar-refractivity contribution < 1.29 is 78.6 Å². The third kappa shape index (κ3) is 21.8. The monoisotopic (exact) mass is 1430 g/mol. The Hall–Kier alpha value is -9.38. The number of fused-ring (bicyclic) bond motifs is 8. The molecule has 0 saturated carbocycles. The zero-order valence-electron chi connectivity index (χ0n) is 59.9. The molecule has 0 aliphatic carbocycles. The predicted molar refractivity (Wildman–Crippen MR) is 387 cm³/mol. The molecule has 0 radical (unpaired) electrons. The minimum absolute atomic E-state index is 0. The smallest absolute Gasteiger partial charge is 0.657 e. The number of hydrogen-bond acceptors (Lipinski definition) is 15. The molecule has 0 aromatic carbocycles. The van der Waals surface area contributed by atoms with E-state index in [1.54, 1.807) is 31.2 Å². The van der Waals surface area contributed by atoms with Gasteiger partial charge in [0.1, 0.15) is 26.4 Å². The standard InChI is InChI=1S/C80H98N12O9.Fe/c1-53(2)11-8-12-54(3)13-9-14-55(4)15-10-16-73(93)76-57(6)66-47-72-78(80(97)101-52-62-27-39-92(40-28-62)44-32-84)64(18-20-75(95)99-50-60-23-35-90(36-24-60)42-30-82)69(88-72)48-68-63(17-19-74(94)98-49-59-21-33-89(34-22-59)41-29-81)56(5)65(85-68)45-71-77(58(7)67(87-71)46-70(76)86-66)79(96)100-51-61-25-37-91(38-26-61)43-31-83;/h11,13,15,21-28,33-40,45-48,73,93H,8-10,12,14,16-20,29-32,41-44,49-52,81-84H2,1-7H3;/q+2;+4/b54-13+,55-15+,65-45?,66-47?,67-46?,68-48?,69-48?,70-46?,71-45?,72-47?;. The number of aromatic nitrogens is 8. The van der Waals surface area contributed by atoms with Gasteiger partial charge in [0.05, 0.1) is 66.2 Å². The summed E-state index contributed by atoms with van der Waals surface area (Å²) in [5.41, 5.74) is 36.6. The van der Waals surface area contributed by atoms with Gasteiger partial charge in [-0.1, -0.05) is 63.8 Å². The molecule has 22 heteroatoms. The fraction of sp³-hybridized carbons (Fsp3) is 0.375. The third-order valence-corrected chi connectivity index (χ3v) is 18.0. The van der Waals surface area contributed by atoms with Crippen molar-refractivity contribution in [3.05, 3.63) is 225 Å². The first-order valence-corrected chi connectivity index (χ1v) is 34.9. The number of hydrogen-bond donors (Lipinski definition) is 5. The fourth-order valence-corrected chi connectivity index (χ4v) is 12.2. The van der Waals surface area contributed by atoms with Gasteiger partial charge in [-0.2, -0.15) is 0 Å². The van der Waals surface area contributed by atoms with Crippen molar-refractivity contribution in [2.24, 2.45) is 22.9 Å². The number of rotatable bonds is 34. The summed E-state index contributed by atoms with van der Waals surface area (Å²) in [6, 6.07) is 21.9. The van der Waals surface area contributed by atoms with E-state index in [1.807, 2.05) is 130 Å². The van der Waals surface area contributed by atoms with Crippen molar-refractivity contribution in [2.45, 2.75) is 171 Å². The number of aliphatic hydroxyl groups excluding tert-OH is 1. The second kappa shape index (κ2) is 38.6. The van der Waals surface area contributed by atoms with Crippen LogP contribution in [0, 0.1) is 13.8 Å². The van der Waals surface area contributed by atoms with Crippen LogP contribution in [-0.4, -0.2) is 65.1 Å². The van der Waals surface area contributed by atoms with Crippen molar-refractivity contribution in [2.75, 3.05) is 26.2 Å². The molecule has 21 nitrogen and oxygen atoms in total. The maximum absolute atomic E-state index is 15.3. The Labute approximate surface area is 608 Å². The topological polar surface area (TPSA) is 299 Å². The second-order valence-electron chi connectivity index (χ2n) is 26.1. The molecule has 1 atom stereocenters. The molecule has 0 saturated heterocycles. The van der Waals surface area contributed by atoms with Gasteiger partial charge in [-0.25, -0.2) is 37.8 Å². The number of ether oxygens (including phenoxy) is 4. The largest absolute Gasteiger partial charge is 4.00 e. The number of nitrogens with two attached hydrogens (primary N) is 4.